The van der Waals surface area contributed by atoms with Crippen molar-refractivity contribution in [3.8, 4) is 5.75 Å². The number of rotatable bonds is 4. The molecule has 4 heteroatoms. The van der Waals surface area contributed by atoms with E-state index in [4.69, 9.17) is 4.74 Å². The number of carbonyl (C=O) groups is 1. The molecule has 1 N–H and O–H groups in total. The monoisotopic (exact) mass is 333 g/mol. The van der Waals surface area contributed by atoms with Crippen molar-refractivity contribution in [1.29, 1.82) is 0 Å². The lowest BCUT2D eigenvalue weighted by molar-refractivity contribution is -0.118. The predicted molar refractivity (Wildman–Crippen MR) is 84.2 cm³/mol. The zero-order valence-electron chi connectivity index (χ0n) is 11.4. The van der Waals surface area contributed by atoms with E-state index in [1.54, 1.807) is 0 Å². The van der Waals surface area contributed by atoms with Crippen LogP contribution in [0.1, 0.15) is 11.1 Å². The summed E-state index contributed by atoms with van der Waals surface area (Å²) in [5.74, 6) is 0.564. The summed E-state index contributed by atoms with van der Waals surface area (Å²) in [5, 5.41) is 2.84. The summed E-state index contributed by atoms with van der Waals surface area (Å²) in [6.45, 7) is 3.90. The second-order valence-electron chi connectivity index (χ2n) is 4.56. The van der Waals surface area contributed by atoms with Gasteiger partial charge in [-0.15, -0.1) is 0 Å². The summed E-state index contributed by atoms with van der Waals surface area (Å²) >= 11 is 3.39. The fourth-order valence-corrected chi connectivity index (χ4v) is 2.29. The van der Waals surface area contributed by atoms with Gasteiger partial charge in [-0.05, 0) is 49.2 Å². The van der Waals surface area contributed by atoms with Crippen molar-refractivity contribution in [1.82, 2.24) is 0 Å². The van der Waals surface area contributed by atoms with Gasteiger partial charge in [0.1, 0.15) is 5.75 Å². The van der Waals surface area contributed by atoms with Gasteiger partial charge in [-0.1, -0.05) is 34.1 Å². The molecular weight excluding hydrogens is 318 g/mol. The molecule has 0 saturated heterocycles. The molecule has 0 aliphatic rings. The molecule has 0 aliphatic heterocycles. The van der Waals surface area contributed by atoms with E-state index in [1.807, 2.05) is 56.3 Å². The molecule has 0 fully saturated rings. The Kier molecular flexibility index (Phi) is 4.79. The summed E-state index contributed by atoms with van der Waals surface area (Å²) in [7, 11) is 0. The number of nitrogens with one attached hydrogen (secondary N) is 1. The zero-order valence-corrected chi connectivity index (χ0v) is 13.0. The molecule has 0 heterocycles. The molecule has 0 spiro atoms. The second kappa shape index (κ2) is 6.57. The molecule has 104 valence electrons. The average molecular weight is 334 g/mol. The lowest BCUT2D eigenvalue weighted by Crippen LogP contribution is -2.20. The maximum atomic E-state index is 11.9. The highest BCUT2D eigenvalue weighted by Gasteiger charge is 2.07. The second-order valence-corrected chi connectivity index (χ2v) is 5.48. The lowest BCUT2D eigenvalue weighted by atomic mass is 10.2. The van der Waals surface area contributed by atoms with Crippen LogP contribution in [0.5, 0.6) is 5.75 Å². The smallest absolute Gasteiger partial charge is 0.262 e. The fourth-order valence-electron chi connectivity index (χ4n) is 1.82. The van der Waals surface area contributed by atoms with E-state index in [2.05, 4.69) is 21.2 Å². The van der Waals surface area contributed by atoms with E-state index < -0.39 is 0 Å². The van der Waals surface area contributed by atoms with Crippen molar-refractivity contribution in [2.24, 2.45) is 0 Å². The van der Waals surface area contributed by atoms with Gasteiger partial charge in [-0.2, -0.15) is 0 Å². The number of benzene rings is 2. The minimum absolute atomic E-state index is 0.000354. The third-order valence-corrected chi connectivity index (χ3v) is 3.41. The van der Waals surface area contributed by atoms with Crippen molar-refractivity contribution in [2.75, 3.05) is 11.9 Å². The van der Waals surface area contributed by atoms with Crippen LogP contribution < -0.4 is 10.1 Å². The topological polar surface area (TPSA) is 38.3 Å². The lowest BCUT2D eigenvalue weighted by Gasteiger charge is -2.11. The molecule has 2 aromatic rings. The Morgan fingerprint density at radius 2 is 1.90 bits per heavy atom. The van der Waals surface area contributed by atoms with Crippen molar-refractivity contribution < 1.29 is 9.53 Å². The molecule has 1 amide bonds. The Morgan fingerprint density at radius 1 is 1.15 bits per heavy atom. The number of hydrogen-bond donors (Lipinski definition) is 1. The van der Waals surface area contributed by atoms with Gasteiger partial charge in [-0.3, -0.25) is 4.79 Å². The Hall–Kier alpha value is -1.81. The highest BCUT2D eigenvalue weighted by Crippen LogP contribution is 2.20. The molecule has 0 aromatic heterocycles. The van der Waals surface area contributed by atoms with Gasteiger partial charge in [0.15, 0.2) is 6.61 Å². The Bertz CT molecular complexity index is 626. The van der Waals surface area contributed by atoms with Gasteiger partial charge in [0.05, 0.1) is 0 Å². The summed E-state index contributed by atoms with van der Waals surface area (Å²) in [6, 6.07) is 13.3. The van der Waals surface area contributed by atoms with Gasteiger partial charge < -0.3 is 10.1 Å². The standard InChI is InChI=1S/C16H16BrNO2/c1-11-5-3-4-6-15(11)20-10-16(19)18-14-8-7-13(17)9-12(14)2/h3-9H,10H2,1-2H3,(H,18,19). The maximum Gasteiger partial charge on any atom is 0.262 e. The number of aryl methyl sites for hydroxylation is 2. The van der Waals surface area contributed by atoms with Gasteiger partial charge in [0.2, 0.25) is 0 Å². The fraction of sp³-hybridized carbons (Fsp3) is 0.188. The summed E-state index contributed by atoms with van der Waals surface area (Å²) in [4.78, 5) is 11.9. The third kappa shape index (κ3) is 3.84. The van der Waals surface area contributed by atoms with Crippen LogP contribution in [0.25, 0.3) is 0 Å². The SMILES string of the molecule is Cc1cc(Br)ccc1NC(=O)COc1ccccc1C. The van der Waals surface area contributed by atoms with E-state index >= 15 is 0 Å². The number of ether oxygens (including phenoxy) is 1. The first kappa shape index (κ1) is 14.6. The normalized spacial score (nSPS) is 10.2. The van der Waals surface area contributed by atoms with Crippen LogP contribution in [-0.2, 0) is 4.79 Å². The number of amides is 1. The molecule has 2 rings (SSSR count). The van der Waals surface area contributed by atoms with Crippen LogP contribution in [0, 0.1) is 13.8 Å². The molecule has 0 bridgehead atoms. The molecule has 0 radical (unpaired) electrons. The third-order valence-electron chi connectivity index (χ3n) is 2.91. The molecule has 0 atom stereocenters. The number of hydrogen-bond acceptors (Lipinski definition) is 2. The van der Waals surface area contributed by atoms with E-state index in [0.29, 0.717) is 0 Å². The van der Waals surface area contributed by atoms with Crippen molar-refractivity contribution >= 4 is 27.5 Å². The van der Waals surface area contributed by atoms with E-state index in [0.717, 1.165) is 27.0 Å². The van der Waals surface area contributed by atoms with Crippen LogP contribution in [-0.4, -0.2) is 12.5 Å². The summed E-state index contributed by atoms with van der Waals surface area (Å²) in [6.07, 6.45) is 0. The van der Waals surface area contributed by atoms with E-state index in [1.165, 1.54) is 0 Å². The predicted octanol–water partition coefficient (Wildman–Crippen LogP) is 4.08. The molecule has 0 saturated carbocycles. The first-order chi connectivity index (χ1) is 9.56. The highest BCUT2D eigenvalue weighted by molar-refractivity contribution is 9.10. The minimum atomic E-state index is -0.168. The number of anilines is 1. The number of halogens is 1. The molecule has 20 heavy (non-hydrogen) atoms. The zero-order chi connectivity index (χ0) is 14.5. The van der Waals surface area contributed by atoms with Gasteiger partial charge in [0, 0.05) is 10.2 Å². The quantitative estimate of drug-likeness (QED) is 0.915. The Morgan fingerprint density at radius 3 is 2.60 bits per heavy atom. The van der Waals surface area contributed by atoms with Crippen LogP contribution in [0.3, 0.4) is 0 Å². The Labute approximate surface area is 127 Å². The summed E-state index contributed by atoms with van der Waals surface area (Å²) < 4.78 is 6.50. The van der Waals surface area contributed by atoms with Gasteiger partial charge in [0.25, 0.3) is 5.91 Å². The van der Waals surface area contributed by atoms with Gasteiger partial charge >= 0.3 is 0 Å². The first-order valence-corrected chi connectivity index (χ1v) is 7.10. The van der Waals surface area contributed by atoms with Crippen molar-refractivity contribution in [3.63, 3.8) is 0 Å². The number of para-hydroxylation sites is 1. The molecule has 3 nitrogen and oxygen atoms in total. The highest BCUT2D eigenvalue weighted by atomic mass is 79.9. The molecule has 0 unspecified atom stereocenters. The first-order valence-electron chi connectivity index (χ1n) is 6.30. The minimum Gasteiger partial charge on any atom is -0.483 e. The van der Waals surface area contributed by atoms with Crippen molar-refractivity contribution in [3.05, 3.63) is 58.1 Å². The largest absolute Gasteiger partial charge is 0.483 e. The van der Waals surface area contributed by atoms with E-state index in [9.17, 15) is 4.79 Å². The number of carbonyl (C=O) groups excluding carboxylic acids is 1. The van der Waals surface area contributed by atoms with Crippen LogP contribution >= 0.6 is 15.9 Å². The molecule has 2 aromatic carbocycles. The van der Waals surface area contributed by atoms with Crippen molar-refractivity contribution in [2.45, 2.75) is 13.8 Å². The molecule has 0 aliphatic carbocycles. The maximum absolute atomic E-state index is 11.9. The average Bonchev–Trinajstić information content (AvgIpc) is 2.41. The summed E-state index contributed by atoms with van der Waals surface area (Å²) in [5.41, 5.74) is 2.82. The van der Waals surface area contributed by atoms with Crippen LogP contribution in [0.4, 0.5) is 5.69 Å². The van der Waals surface area contributed by atoms with Crippen LogP contribution in [0.15, 0.2) is 46.9 Å². The Balaban J connectivity index is 1.94. The molecular formula is C16H16BrNO2. The van der Waals surface area contributed by atoms with E-state index in [-0.39, 0.29) is 12.5 Å². The van der Waals surface area contributed by atoms with Gasteiger partial charge in [-0.25, -0.2) is 0 Å². The van der Waals surface area contributed by atoms with Crippen LogP contribution in [0.2, 0.25) is 0 Å².